The zero-order valence-corrected chi connectivity index (χ0v) is 14.7. The number of imidazole rings is 1. The second-order valence-corrected chi connectivity index (χ2v) is 6.46. The molecule has 3 aromatic rings. The zero-order valence-electron chi connectivity index (χ0n) is 14.7. The molecule has 5 nitrogen and oxygen atoms in total. The Morgan fingerprint density at radius 2 is 2.04 bits per heavy atom. The lowest BCUT2D eigenvalue weighted by Gasteiger charge is -2.15. The first-order valence-corrected chi connectivity index (χ1v) is 8.88. The molecule has 5 heteroatoms. The van der Waals surface area contributed by atoms with Gasteiger partial charge >= 0.3 is 0 Å². The molecule has 1 unspecified atom stereocenters. The van der Waals surface area contributed by atoms with Crippen LogP contribution in [-0.4, -0.2) is 21.6 Å². The number of fused-ring (bicyclic) bond motifs is 1. The predicted molar refractivity (Wildman–Crippen MR) is 101 cm³/mol. The van der Waals surface area contributed by atoms with Crippen molar-refractivity contribution in [2.75, 3.05) is 5.32 Å². The first kappa shape index (κ1) is 16.4. The summed E-state index contributed by atoms with van der Waals surface area (Å²) in [6.45, 7) is 2.75. The molecule has 0 radical (unpaired) electrons. The van der Waals surface area contributed by atoms with Crippen molar-refractivity contribution >= 4 is 11.6 Å². The Hall–Kier alpha value is -3.08. The summed E-state index contributed by atoms with van der Waals surface area (Å²) in [5, 5.41) is 2.94. The molecule has 0 spiro atoms. The van der Waals surface area contributed by atoms with Crippen LogP contribution in [0.15, 0.2) is 60.8 Å². The maximum atomic E-state index is 12.4. The number of rotatable bonds is 5. The molecule has 132 valence electrons. The van der Waals surface area contributed by atoms with Gasteiger partial charge in [-0.2, -0.15) is 0 Å². The van der Waals surface area contributed by atoms with Gasteiger partial charge in [0.1, 0.15) is 11.6 Å². The number of anilines is 1. The molecule has 0 bridgehead atoms. The van der Waals surface area contributed by atoms with Crippen LogP contribution in [0.2, 0.25) is 0 Å². The van der Waals surface area contributed by atoms with Crippen molar-refractivity contribution in [3.63, 3.8) is 0 Å². The molecule has 26 heavy (non-hydrogen) atoms. The second kappa shape index (κ2) is 7.04. The minimum Gasteiger partial charge on any atom is -0.481 e. The van der Waals surface area contributed by atoms with E-state index in [0.29, 0.717) is 5.75 Å². The highest BCUT2D eigenvalue weighted by Crippen LogP contribution is 2.27. The van der Waals surface area contributed by atoms with E-state index in [9.17, 15) is 4.79 Å². The highest BCUT2D eigenvalue weighted by Gasteiger charge is 2.18. The average molecular weight is 347 g/mol. The van der Waals surface area contributed by atoms with E-state index >= 15 is 0 Å². The maximum Gasteiger partial charge on any atom is 0.265 e. The van der Waals surface area contributed by atoms with Gasteiger partial charge in [0.15, 0.2) is 6.10 Å². The number of nitrogens with zero attached hydrogens (tertiary/aromatic N) is 2. The maximum absolute atomic E-state index is 12.4. The quantitative estimate of drug-likeness (QED) is 0.761. The van der Waals surface area contributed by atoms with Gasteiger partial charge in [-0.15, -0.1) is 0 Å². The van der Waals surface area contributed by atoms with Crippen molar-refractivity contribution in [1.29, 1.82) is 0 Å². The summed E-state index contributed by atoms with van der Waals surface area (Å²) >= 11 is 0. The number of nitrogens with one attached hydrogen (secondary N) is 1. The van der Waals surface area contributed by atoms with Crippen LogP contribution in [0, 0.1) is 0 Å². The molecule has 1 aliphatic heterocycles. The Balaban J connectivity index is 1.47. The van der Waals surface area contributed by atoms with E-state index in [4.69, 9.17) is 4.74 Å². The summed E-state index contributed by atoms with van der Waals surface area (Å²) in [4.78, 5) is 16.9. The number of ether oxygens (including phenoxy) is 1. The summed E-state index contributed by atoms with van der Waals surface area (Å²) < 4.78 is 7.94. The standard InChI is InChI=1S/C21H21N3O2/c1-15(26-18-9-3-2-4-10-18)21(25)23-17-8-5-7-16(13-17)19-14-22-20-11-6-12-24(19)20/h2-5,7-10,13-15H,6,11-12H2,1H3,(H,23,25). The number of benzene rings is 2. The highest BCUT2D eigenvalue weighted by atomic mass is 16.5. The van der Waals surface area contributed by atoms with E-state index in [1.807, 2.05) is 60.8 Å². The number of carbonyl (C=O) groups excluding carboxylic acids is 1. The zero-order chi connectivity index (χ0) is 17.9. The molecule has 2 aromatic carbocycles. The molecule has 0 fully saturated rings. The van der Waals surface area contributed by atoms with Crippen LogP contribution in [0.5, 0.6) is 5.75 Å². The summed E-state index contributed by atoms with van der Waals surface area (Å²) in [7, 11) is 0. The van der Waals surface area contributed by atoms with E-state index in [1.165, 1.54) is 0 Å². The lowest BCUT2D eigenvalue weighted by molar-refractivity contribution is -0.122. The minimum absolute atomic E-state index is 0.176. The van der Waals surface area contributed by atoms with Crippen LogP contribution in [0.25, 0.3) is 11.3 Å². The topological polar surface area (TPSA) is 56.1 Å². The largest absolute Gasteiger partial charge is 0.481 e. The van der Waals surface area contributed by atoms with Crippen LogP contribution < -0.4 is 10.1 Å². The Labute approximate surface area is 152 Å². The van der Waals surface area contributed by atoms with Crippen LogP contribution >= 0.6 is 0 Å². The first-order chi connectivity index (χ1) is 12.7. The molecular formula is C21H21N3O2. The van der Waals surface area contributed by atoms with E-state index in [0.717, 1.165) is 42.2 Å². The lowest BCUT2D eigenvalue weighted by Crippen LogP contribution is -2.30. The van der Waals surface area contributed by atoms with Crippen molar-refractivity contribution in [2.45, 2.75) is 32.4 Å². The molecule has 0 saturated heterocycles. The van der Waals surface area contributed by atoms with E-state index in [2.05, 4.69) is 14.9 Å². The predicted octanol–water partition coefficient (Wildman–Crippen LogP) is 3.90. The Morgan fingerprint density at radius 1 is 1.19 bits per heavy atom. The molecule has 4 rings (SSSR count). The Kier molecular flexibility index (Phi) is 4.44. The summed E-state index contributed by atoms with van der Waals surface area (Å²) in [6, 6.07) is 17.2. The third kappa shape index (κ3) is 3.33. The molecular weight excluding hydrogens is 326 g/mol. The van der Waals surface area contributed by atoms with Crippen LogP contribution in [-0.2, 0) is 17.8 Å². The van der Waals surface area contributed by atoms with Crippen molar-refractivity contribution in [3.8, 4) is 17.0 Å². The summed E-state index contributed by atoms with van der Waals surface area (Å²) in [5.41, 5.74) is 2.91. The van der Waals surface area contributed by atoms with Gasteiger partial charge < -0.3 is 14.6 Å². The minimum atomic E-state index is -0.583. The molecule has 1 atom stereocenters. The van der Waals surface area contributed by atoms with Crippen molar-refractivity contribution < 1.29 is 9.53 Å². The number of aryl methyl sites for hydroxylation is 1. The Morgan fingerprint density at radius 3 is 2.88 bits per heavy atom. The fourth-order valence-electron chi connectivity index (χ4n) is 3.25. The monoisotopic (exact) mass is 347 g/mol. The normalized spacial score (nSPS) is 13.9. The van der Waals surface area contributed by atoms with E-state index < -0.39 is 6.10 Å². The van der Waals surface area contributed by atoms with Crippen LogP contribution in [0.4, 0.5) is 5.69 Å². The average Bonchev–Trinajstić information content (AvgIpc) is 3.26. The van der Waals surface area contributed by atoms with E-state index in [-0.39, 0.29) is 5.91 Å². The number of hydrogen-bond acceptors (Lipinski definition) is 3. The SMILES string of the molecule is CC(Oc1ccccc1)C(=O)Nc1cccc(-c2cnc3n2CCC3)c1. The molecule has 1 N–H and O–H groups in total. The van der Waals surface area contributed by atoms with Crippen molar-refractivity contribution in [2.24, 2.45) is 0 Å². The van der Waals surface area contributed by atoms with Crippen molar-refractivity contribution in [3.05, 3.63) is 66.6 Å². The van der Waals surface area contributed by atoms with Gasteiger partial charge in [-0.1, -0.05) is 30.3 Å². The third-order valence-corrected chi connectivity index (χ3v) is 4.57. The summed E-state index contributed by atoms with van der Waals surface area (Å²) in [6.07, 6.45) is 3.50. The van der Waals surface area contributed by atoms with Gasteiger partial charge in [-0.3, -0.25) is 4.79 Å². The molecule has 0 saturated carbocycles. The molecule has 1 aromatic heterocycles. The molecule has 0 aliphatic carbocycles. The van der Waals surface area contributed by atoms with Crippen LogP contribution in [0.3, 0.4) is 0 Å². The van der Waals surface area contributed by atoms with E-state index in [1.54, 1.807) is 6.92 Å². The summed E-state index contributed by atoms with van der Waals surface area (Å²) in [5.74, 6) is 1.64. The first-order valence-electron chi connectivity index (χ1n) is 8.88. The van der Waals surface area contributed by atoms with Gasteiger partial charge in [0.25, 0.3) is 5.91 Å². The van der Waals surface area contributed by atoms with Gasteiger partial charge in [0, 0.05) is 24.2 Å². The number of amides is 1. The third-order valence-electron chi connectivity index (χ3n) is 4.57. The smallest absolute Gasteiger partial charge is 0.265 e. The van der Waals surface area contributed by atoms with Gasteiger partial charge in [-0.05, 0) is 37.6 Å². The Bertz CT molecular complexity index is 918. The fourth-order valence-corrected chi connectivity index (χ4v) is 3.25. The number of para-hydroxylation sites is 1. The van der Waals surface area contributed by atoms with Crippen LogP contribution in [0.1, 0.15) is 19.2 Å². The van der Waals surface area contributed by atoms with Crippen molar-refractivity contribution in [1.82, 2.24) is 9.55 Å². The number of hydrogen-bond donors (Lipinski definition) is 1. The molecule has 1 amide bonds. The second-order valence-electron chi connectivity index (χ2n) is 6.46. The van der Waals surface area contributed by atoms with Gasteiger partial charge in [0.2, 0.25) is 0 Å². The van der Waals surface area contributed by atoms with Gasteiger partial charge in [-0.25, -0.2) is 4.98 Å². The number of aromatic nitrogens is 2. The molecule has 2 heterocycles. The highest BCUT2D eigenvalue weighted by molar-refractivity contribution is 5.94. The molecule has 1 aliphatic rings. The lowest BCUT2D eigenvalue weighted by atomic mass is 10.1. The fraction of sp³-hybridized carbons (Fsp3) is 0.238. The van der Waals surface area contributed by atoms with Gasteiger partial charge in [0.05, 0.1) is 11.9 Å². The number of carbonyl (C=O) groups is 1.